The van der Waals surface area contributed by atoms with E-state index in [1.807, 2.05) is 0 Å². The molecule has 0 bridgehead atoms. The summed E-state index contributed by atoms with van der Waals surface area (Å²) in [5, 5.41) is 10.9. The first kappa shape index (κ1) is 18.0. The summed E-state index contributed by atoms with van der Waals surface area (Å²) in [6, 6.07) is 3.51. The molecule has 1 N–H and O–H groups in total. The molecule has 1 fully saturated rings. The lowest BCUT2D eigenvalue weighted by atomic mass is 9.93. The largest absolute Gasteiger partial charge is 0.444 e. The molecule has 128 valence electrons. The Bertz CT molecular complexity index is 553. The van der Waals surface area contributed by atoms with Crippen LogP contribution in [0.25, 0.3) is 0 Å². The molecule has 1 aromatic rings. The summed E-state index contributed by atoms with van der Waals surface area (Å²) in [6.07, 6.45) is 0.921. The molecule has 0 aromatic heterocycles. The number of hydrogen-bond donors (Lipinski definition) is 1. The van der Waals surface area contributed by atoms with Crippen LogP contribution in [0.4, 0.5) is 9.18 Å². The van der Waals surface area contributed by atoms with Crippen LogP contribution >= 0.6 is 11.6 Å². The second-order valence-electron chi connectivity index (χ2n) is 6.88. The van der Waals surface area contributed by atoms with Gasteiger partial charge in [0.25, 0.3) is 0 Å². The van der Waals surface area contributed by atoms with E-state index in [1.165, 1.54) is 23.1 Å². The molecule has 2 atom stereocenters. The highest BCUT2D eigenvalue weighted by molar-refractivity contribution is 6.30. The van der Waals surface area contributed by atoms with Crippen LogP contribution in [0.2, 0.25) is 5.02 Å². The monoisotopic (exact) mass is 343 g/mol. The third-order valence-electron chi connectivity index (χ3n) is 3.77. The summed E-state index contributed by atoms with van der Waals surface area (Å²) >= 11 is 5.86. The maximum absolute atomic E-state index is 13.5. The minimum atomic E-state index is -1.00. The van der Waals surface area contributed by atoms with E-state index in [9.17, 15) is 14.3 Å². The van der Waals surface area contributed by atoms with Crippen molar-refractivity contribution in [3.05, 3.63) is 34.6 Å². The number of piperidine rings is 1. The van der Waals surface area contributed by atoms with E-state index < -0.39 is 29.7 Å². The number of nitrogens with zero attached hydrogens (tertiary/aromatic N) is 1. The minimum absolute atomic E-state index is 0.221. The zero-order valence-corrected chi connectivity index (χ0v) is 14.4. The number of benzene rings is 1. The Balaban J connectivity index is 2.21. The van der Waals surface area contributed by atoms with Crippen LogP contribution in [-0.4, -0.2) is 34.3 Å². The van der Waals surface area contributed by atoms with Crippen LogP contribution in [-0.2, 0) is 4.74 Å². The maximum atomic E-state index is 13.5. The van der Waals surface area contributed by atoms with E-state index in [4.69, 9.17) is 16.3 Å². The Morgan fingerprint density at radius 1 is 1.39 bits per heavy atom. The molecule has 1 aliphatic rings. The van der Waals surface area contributed by atoms with Crippen molar-refractivity contribution in [2.24, 2.45) is 0 Å². The molecule has 0 radical (unpaired) electrons. The van der Waals surface area contributed by atoms with Gasteiger partial charge in [-0.05, 0) is 63.8 Å². The molecule has 1 aromatic carbocycles. The number of hydrogen-bond acceptors (Lipinski definition) is 3. The van der Waals surface area contributed by atoms with Crippen molar-refractivity contribution in [1.29, 1.82) is 0 Å². The van der Waals surface area contributed by atoms with Crippen LogP contribution < -0.4 is 0 Å². The van der Waals surface area contributed by atoms with Crippen LogP contribution in [0, 0.1) is 5.82 Å². The topological polar surface area (TPSA) is 49.8 Å². The fourth-order valence-electron chi connectivity index (χ4n) is 2.80. The average Bonchev–Trinajstić information content (AvgIpc) is 2.43. The van der Waals surface area contributed by atoms with Gasteiger partial charge < -0.3 is 14.7 Å². The molecule has 0 spiro atoms. The first-order valence-electron chi connectivity index (χ1n) is 7.81. The van der Waals surface area contributed by atoms with Crippen molar-refractivity contribution in [2.45, 2.75) is 57.8 Å². The van der Waals surface area contributed by atoms with Gasteiger partial charge in [-0.3, -0.25) is 0 Å². The molecule has 4 nitrogen and oxygen atoms in total. The van der Waals surface area contributed by atoms with Gasteiger partial charge in [-0.1, -0.05) is 11.6 Å². The maximum Gasteiger partial charge on any atom is 0.410 e. The third kappa shape index (κ3) is 4.82. The predicted octanol–water partition coefficient (Wildman–Crippen LogP) is 4.30. The Labute approximate surface area is 141 Å². The summed E-state index contributed by atoms with van der Waals surface area (Å²) in [5.74, 6) is -0.508. The summed E-state index contributed by atoms with van der Waals surface area (Å²) in [6.45, 7) is 5.91. The van der Waals surface area contributed by atoms with E-state index >= 15 is 0 Å². The number of amides is 1. The minimum Gasteiger partial charge on any atom is -0.444 e. The SMILES string of the molecule is CC(C)(C)OC(=O)N1CCCCC1[C@@H](O)c1cc(F)cc(Cl)c1. The van der Waals surface area contributed by atoms with Gasteiger partial charge in [0.15, 0.2) is 0 Å². The second-order valence-corrected chi connectivity index (χ2v) is 7.32. The summed E-state index contributed by atoms with van der Waals surface area (Å²) in [7, 11) is 0. The lowest BCUT2D eigenvalue weighted by molar-refractivity contribution is -0.0169. The van der Waals surface area contributed by atoms with Gasteiger partial charge in [-0.2, -0.15) is 0 Å². The highest BCUT2D eigenvalue weighted by atomic mass is 35.5. The van der Waals surface area contributed by atoms with Gasteiger partial charge in [0, 0.05) is 11.6 Å². The molecule has 1 aliphatic heterocycles. The Hall–Kier alpha value is -1.33. The van der Waals surface area contributed by atoms with Crippen molar-refractivity contribution >= 4 is 17.7 Å². The normalized spacial score (nSPS) is 20.3. The van der Waals surface area contributed by atoms with E-state index in [0.717, 1.165) is 12.8 Å². The van der Waals surface area contributed by atoms with Gasteiger partial charge in [-0.25, -0.2) is 9.18 Å². The molecule has 23 heavy (non-hydrogen) atoms. The smallest absolute Gasteiger partial charge is 0.410 e. The number of halogens is 2. The van der Waals surface area contributed by atoms with Gasteiger partial charge in [0.05, 0.1) is 12.1 Å². The first-order valence-corrected chi connectivity index (χ1v) is 8.19. The van der Waals surface area contributed by atoms with E-state index in [0.29, 0.717) is 18.5 Å². The van der Waals surface area contributed by atoms with Crippen LogP contribution in [0.15, 0.2) is 18.2 Å². The molecular weight excluding hydrogens is 321 g/mol. The Morgan fingerprint density at radius 3 is 2.70 bits per heavy atom. The summed E-state index contributed by atoms with van der Waals surface area (Å²) < 4.78 is 18.9. The molecule has 0 aliphatic carbocycles. The molecule has 1 amide bonds. The molecule has 1 heterocycles. The number of carbonyl (C=O) groups excluding carboxylic acids is 1. The summed E-state index contributed by atoms with van der Waals surface area (Å²) in [5.41, 5.74) is -0.234. The third-order valence-corrected chi connectivity index (χ3v) is 3.99. The number of aliphatic hydroxyl groups excluding tert-OH is 1. The number of likely N-dealkylation sites (tertiary alicyclic amines) is 1. The van der Waals surface area contributed by atoms with Crippen LogP contribution in [0.3, 0.4) is 0 Å². The number of ether oxygens (including phenoxy) is 1. The van der Waals surface area contributed by atoms with Crippen LogP contribution in [0.1, 0.15) is 51.7 Å². The van der Waals surface area contributed by atoms with Gasteiger partial charge in [0.1, 0.15) is 11.4 Å². The Kier molecular flexibility index (Phi) is 5.53. The van der Waals surface area contributed by atoms with Crippen molar-refractivity contribution in [2.75, 3.05) is 6.54 Å². The average molecular weight is 344 g/mol. The van der Waals surface area contributed by atoms with Crippen molar-refractivity contribution in [3.63, 3.8) is 0 Å². The molecule has 2 rings (SSSR count). The summed E-state index contributed by atoms with van der Waals surface area (Å²) in [4.78, 5) is 13.9. The zero-order chi connectivity index (χ0) is 17.2. The molecule has 1 unspecified atom stereocenters. The first-order chi connectivity index (χ1) is 10.7. The van der Waals surface area contributed by atoms with E-state index in [1.54, 1.807) is 20.8 Å². The second kappa shape index (κ2) is 7.05. The van der Waals surface area contributed by atoms with Crippen molar-refractivity contribution in [1.82, 2.24) is 4.90 Å². The highest BCUT2D eigenvalue weighted by Crippen LogP contribution is 2.31. The van der Waals surface area contributed by atoms with Crippen LogP contribution in [0.5, 0.6) is 0 Å². The molecule has 0 saturated carbocycles. The molecule has 6 heteroatoms. The van der Waals surface area contributed by atoms with Crippen molar-refractivity contribution < 1.29 is 19.0 Å². The predicted molar refractivity (Wildman–Crippen MR) is 86.9 cm³/mol. The van der Waals surface area contributed by atoms with Gasteiger partial charge >= 0.3 is 6.09 Å². The standard InChI is InChI=1S/C17H23ClFNO3/c1-17(2,3)23-16(22)20-7-5-4-6-14(20)15(21)11-8-12(18)10-13(19)9-11/h8-10,14-15,21H,4-7H2,1-3H3/t14?,15-/m0/s1. The highest BCUT2D eigenvalue weighted by Gasteiger charge is 2.35. The Morgan fingerprint density at radius 2 is 2.09 bits per heavy atom. The molecule has 1 saturated heterocycles. The zero-order valence-electron chi connectivity index (χ0n) is 13.7. The number of rotatable bonds is 2. The fourth-order valence-corrected chi connectivity index (χ4v) is 3.03. The molecular formula is C17H23ClFNO3. The number of carbonyl (C=O) groups is 1. The van der Waals surface area contributed by atoms with Gasteiger partial charge in [-0.15, -0.1) is 0 Å². The van der Waals surface area contributed by atoms with Crippen molar-refractivity contribution in [3.8, 4) is 0 Å². The van der Waals surface area contributed by atoms with E-state index in [2.05, 4.69) is 0 Å². The fraction of sp³-hybridized carbons (Fsp3) is 0.588. The van der Waals surface area contributed by atoms with E-state index in [-0.39, 0.29) is 5.02 Å². The lowest BCUT2D eigenvalue weighted by Crippen LogP contribution is -2.48. The lowest BCUT2D eigenvalue weighted by Gasteiger charge is -2.39. The quantitative estimate of drug-likeness (QED) is 0.870. The number of aliphatic hydroxyl groups is 1. The van der Waals surface area contributed by atoms with Gasteiger partial charge in [0.2, 0.25) is 0 Å².